The third-order valence-corrected chi connectivity index (χ3v) is 4.18. The van der Waals surface area contributed by atoms with Crippen LogP contribution in [0.5, 0.6) is 0 Å². The number of guanidine groups is 1. The fraction of sp³-hybridized carbons (Fsp3) is 0.238. The second kappa shape index (κ2) is 10.8. The van der Waals surface area contributed by atoms with Crippen molar-refractivity contribution in [3.05, 3.63) is 78.0 Å². The van der Waals surface area contributed by atoms with Gasteiger partial charge in [0.1, 0.15) is 0 Å². The minimum Gasteiger partial charge on any atom is -0.356 e. The van der Waals surface area contributed by atoms with Crippen molar-refractivity contribution in [3.63, 3.8) is 0 Å². The molecule has 136 valence electrons. The van der Waals surface area contributed by atoms with Gasteiger partial charge < -0.3 is 10.6 Å². The van der Waals surface area contributed by atoms with Gasteiger partial charge in [0, 0.05) is 31.7 Å². The van der Waals surface area contributed by atoms with Gasteiger partial charge in [0.05, 0.1) is 5.52 Å². The minimum atomic E-state index is 0. The highest BCUT2D eigenvalue weighted by Gasteiger charge is 2.03. The van der Waals surface area contributed by atoms with E-state index >= 15 is 0 Å². The van der Waals surface area contributed by atoms with Gasteiger partial charge in [0.15, 0.2) is 5.96 Å². The van der Waals surface area contributed by atoms with Crippen molar-refractivity contribution in [1.82, 2.24) is 15.6 Å². The lowest BCUT2D eigenvalue weighted by Crippen LogP contribution is -2.39. The Labute approximate surface area is 172 Å². The maximum absolute atomic E-state index is 4.51. The molecule has 0 atom stereocenters. The molecule has 0 fully saturated rings. The average Bonchev–Trinajstić information content (AvgIpc) is 2.68. The molecule has 5 heteroatoms. The van der Waals surface area contributed by atoms with Crippen LogP contribution in [0, 0.1) is 0 Å². The van der Waals surface area contributed by atoms with Gasteiger partial charge in [-0.2, -0.15) is 0 Å². The summed E-state index contributed by atoms with van der Waals surface area (Å²) in [6.45, 7) is 1.68. The summed E-state index contributed by atoms with van der Waals surface area (Å²) in [5.41, 5.74) is 3.66. The highest BCUT2D eigenvalue weighted by molar-refractivity contribution is 14.0. The van der Waals surface area contributed by atoms with E-state index in [1.807, 2.05) is 18.3 Å². The van der Waals surface area contributed by atoms with E-state index in [1.54, 1.807) is 7.05 Å². The first-order chi connectivity index (χ1) is 12.4. The Morgan fingerprint density at radius 3 is 2.38 bits per heavy atom. The Morgan fingerprint density at radius 2 is 1.62 bits per heavy atom. The standard InChI is InChI=1S/C21H24N4.HI/c1-22-21(24-15-12-17-7-3-2-4-8-17)25-16-13-19-10-5-9-18-11-6-14-23-20(18)19;/h2-11,14H,12-13,15-16H2,1H3,(H2,22,24,25);1H. The summed E-state index contributed by atoms with van der Waals surface area (Å²) in [6, 6.07) is 20.9. The van der Waals surface area contributed by atoms with Crippen molar-refractivity contribution in [2.75, 3.05) is 20.1 Å². The molecule has 2 N–H and O–H groups in total. The number of para-hydroxylation sites is 1. The molecule has 0 spiro atoms. The molecule has 0 amide bonds. The fourth-order valence-corrected chi connectivity index (χ4v) is 2.88. The number of benzene rings is 2. The average molecular weight is 460 g/mol. The number of aliphatic imine (C=N–C) groups is 1. The van der Waals surface area contributed by atoms with Gasteiger partial charge in [-0.05, 0) is 30.0 Å². The van der Waals surface area contributed by atoms with Crippen LogP contribution in [-0.2, 0) is 12.8 Å². The van der Waals surface area contributed by atoms with Crippen LogP contribution >= 0.6 is 24.0 Å². The van der Waals surface area contributed by atoms with Crippen LogP contribution in [-0.4, -0.2) is 31.1 Å². The number of fused-ring (bicyclic) bond motifs is 1. The Bertz CT molecular complexity index is 828. The quantitative estimate of drug-likeness (QED) is 0.334. The number of halogens is 1. The lowest BCUT2D eigenvalue weighted by atomic mass is 10.1. The first kappa shape index (κ1) is 20.2. The topological polar surface area (TPSA) is 49.3 Å². The monoisotopic (exact) mass is 460 g/mol. The summed E-state index contributed by atoms with van der Waals surface area (Å²) in [4.78, 5) is 8.80. The number of nitrogens with one attached hydrogen (secondary N) is 2. The molecule has 3 aromatic rings. The largest absolute Gasteiger partial charge is 0.356 e. The predicted molar refractivity (Wildman–Crippen MR) is 120 cm³/mol. The molecule has 2 aromatic carbocycles. The number of pyridine rings is 1. The van der Waals surface area contributed by atoms with Crippen molar-refractivity contribution >= 4 is 40.8 Å². The smallest absolute Gasteiger partial charge is 0.190 e. The third-order valence-electron chi connectivity index (χ3n) is 4.18. The fourth-order valence-electron chi connectivity index (χ4n) is 2.88. The minimum absolute atomic E-state index is 0. The van der Waals surface area contributed by atoms with Crippen molar-refractivity contribution in [2.24, 2.45) is 4.99 Å². The molecule has 0 aliphatic rings. The van der Waals surface area contributed by atoms with Crippen molar-refractivity contribution < 1.29 is 0 Å². The van der Waals surface area contributed by atoms with E-state index in [2.05, 4.69) is 69.1 Å². The van der Waals surface area contributed by atoms with Crippen LogP contribution in [0.2, 0.25) is 0 Å². The van der Waals surface area contributed by atoms with E-state index in [0.717, 1.165) is 37.4 Å². The van der Waals surface area contributed by atoms with Gasteiger partial charge in [-0.1, -0.05) is 54.6 Å². The van der Waals surface area contributed by atoms with Gasteiger partial charge in [0.2, 0.25) is 0 Å². The second-order valence-electron chi connectivity index (χ2n) is 5.90. The molecule has 0 aliphatic carbocycles. The van der Waals surface area contributed by atoms with E-state index in [9.17, 15) is 0 Å². The van der Waals surface area contributed by atoms with E-state index in [4.69, 9.17) is 0 Å². The summed E-state index contributed by atoms with van der Waals surface area (Å²) in [5.74, 6) is 0.837. The maximum atomic E-state index is 4.51. The zero-order valence-electron chi connectivity index (χ0n) is 15.0. The van der Waals surface area contributed by atoms with Gasteiger partial charge in [0.25, 0.3) is 0 Å². The second-order valence-corrected chi connectivity index (χ2v) is 5.90. The molecule has 0 saturated heterocycles. The molecule has 3 rings (SSSR count). The molecule has 26 heavy (non-hydrogen) atoms. The highest BCUT2D eigenvalue weighted by Crippen LogP contribution is 2.15. The summed E-state index contributed by atoms with van der Waals surface area (Å²) in [7, 11) is 1.80. The van der Waals surface area contributed by atoms with Crippen molar-refractivity contribution in [1.29, 1.82) is 0 Å². The SMILES string of the molecule is CN=C(NCCc1ccccc1)NCCc1cccc2cccnc12.I. The van der Waals surface area contributed by atoms with Crippen LogP contribution in [0.4, 0.5) is 0 Å². The van der Waals surface area contributed by atoms with Crippen LogP contribution < -0.4 is 10.6 Å². The Balaban J connectivity index is 0.00000243. The number of rotatable bonds is 6. The van der Waals surface area contributed by atoms with Crippen LogP contribution in [0.1, 0.15) is 11.1 Å². The van der Waals surface area contributed by atoms with E-state index in [-0.39, 0.29) is 24.0 Å². The van der Waals surface area contributed by atoms with Crippen LogP contribution in [0.25, 0.3) is 10.9 Å². The van der Waals surface area contributed by atoms with Gasteiger partial charge >= 0.3 is 0 Å². The molecular weight excluding hydrogens is 435 g/mol. The molecule has 0 aliphatic heterocycles. The lowest BCUT2D eigenvalue weighted by Gasteiger charge is -2.12. The Kier molecular flexibility index (Phi) is 8.34. The van der Waals surface area contributed by atoms with Crippen LogP contribution in [0.3, 0.4) is 0 Å². The van der Waals surface area contributed by atoms with Gasteiger partial charge in [-0.15, -0.1) is 24.0 Å². The number of nitrogens with zero attached hydrogens (tertiary/aromatic N) is 2. The summed E-state index contributed by atoms with van der Waals surface area (Å²) in [5, 5.41) is 7.93. The van der Waals surface area contributed by atoms with Crippen molar-refractivity contribution in [2.45, 2.75) is 12.8 Å². The number of aromatic nitrogens is 1. The van der Waals surface area contributed by atoms with E-state index in [0.29, 0.717) is 0 Å². The summed E-state index contributed by atoms with van der Waals surface area (Å²) in [6.07, 6.45) is 3.74. The van der Waals surface area contributed by atoms with Crippen LogP contribution in [0.15, 0.2) is 71.9 Å². The zero-order valence-corrected chi connectivity index (χ0v) is 17.3. The van der Waals surface area contributed by atoms with Crippen molar-refractivity contribution in [3.8, 4) is 0 Å². The molecule has 1 heterocycles. The van der Waals surface area contributed by atoms with E-state index in [1.165, 1.54) is 16.5 Å². The molecular formula is C21H25IN4. The lowest BCUT2D eigenvalue weighted by molar-refractivity contribution is 0.785. The predicted octanol–water partition coefficient (Wildman–Crippen LogP) is 3.80. The number of hydrogen-bond acceptors (Lipinski definition) is 2. The zero-order chi connectivity index (χ0) is 17.3. The third kappa shape index (κ3) is 5.69. The summed E-state index contributed by atoms with van der Waals surface area (Å²) < 4.78 is 0. The Hall–Kier alpha value is -2.15. The van der Waals surface area contributed by atoms with Gasteiger partial charge in [-0.25, -0.2) is 0 Å². The summed E-state index contributed by atoms with van der Waals surface area (Å²) >= 11 is 0. The normalized spacial score (nSPS) is 11.0. The molecule has 0 radical (unpaired) electrons. The highest BCUT2D eigenvalue weighted by atomic mass is 127. The number of hydrogen-bond donors (Lipinski definition) is 2. The molecule has 4 nitrogen and oxygen atoms in total. The first-order valence-electron chi connectivity index (χ1n) is 8.68. The maximum Gasteiger partial charge on any atom is 0.190 e. The Morgan fingerprint density at radius 1 is 0.885 bits per heavy atom. The molecule has 0 saturated carbocycles. The first-order valence-corrected chi connectivity index (χ1v) is 8.68. The molecule has 0 unspecified atom stereocenters. The molecule has 1 aromatic heterocycles. The van der Waals surface area contributed by atoms with E-state index < -0.39 is 0 Å². The molecule has 0 bridgehead atoms. The van der Waals surface area contributed by atoms with Gasteiger partial charge in [-0.3, -0.25) is 9.98 Å².